The molecule has 23 heavy (non-hydrogen) atoms. The van der Waals surface area contributed by atoms with Crippen molar-refractivity contribution in [2.45, 2.75) is 19.4 Å². The first-order valence-corrected chi connectivity index (χ1v) is 8.29. The predicted molar refractivity (Wildman–Crippen MR) is 94.6 cm³/mol. The Labute approximate surface area is 137 Å². The number of nitrogens with zero attached hydrogens (tertiary/aromatic N) is 2. The summed E-state index contributed by atoms with van der Waals surface area (Å²) >= 11 is 0. The molecule has 120 valence electrons. The van der Waals surface area contributed by atoms with Crippen molar-refractivity contribution in [2.24, 2.45) is 0 Å². The van der Waals surface area contributed by atoms with Crippen molar-refractivity contribution in [3.63, 3.8) is 0 Å². The van der Waals surface area contributed by atoms with E-state index in [4.69, 9.17) is 4.74 Å². The molecule has 0 radical (unpaired) electrons. The molecule has 0 amide bonds. The van der Waals surface area contributed by atoms with Crippen molar-refractivity contribution in [1.82, 2.24) is 9.80 Å². The molecule has 0 spiro atoms. The number of hydrogen-bond donors (Lipinski definition) is 1. The van der Waals surface area contributed by atoms with E-state index in [0.29, 0.717) is 0 Å². The molecule has 0 bridgehead atoms. The zero-order chi connectivity index (χ0) is 16.3. The Hall–Kier alpha value is -2.09. The highest BCUT2D eigenvalue weighted by Gasteiger charge is 2.40. The number of quaternary nitrogens is 1. The SMILES string of the molecule is CCC(C#N)[N+]1(c2cccc3ccc(OC)cc23)CCNCC1. The summed E-state index contributed by atoms with van der Waals surface area (Å²) in [5.74, 6) is 0.864. The van der Waals surface area contributed by atoms with Crippen LogP contribution in [-0.2, 0) is 0 Å². The smallest absolute Gasteiger partial charge is 0.180 e. The molecule has 0 saturated carbocycles. The summed E-state index contributed by atoms with van der Waals surface area (Å²) in [7, 11) is 1.70. The lowest BCUT2D eigenvalue weighted by atomic mass is 10.0. The van der Waals surface area contributed by atoms with Gasteiger partial charge in [-0.2, -0.15) is 5.26 Å². The van der Waals surface area contributed by atoms with Crippen LogP contribution in [0.5, 0.6) is 5.75 Å². The van der Waals surface area contributed by atoms with Gasteiger partial charge in [-0.1, -0.05) is 25.1 Å². The molecular formula is C19H24N3O+. The van der Waals surface area contributed by atoms with E-state index in [9.17, 15) is 5.26 Å². The van der Waals surface area contributed by atoms with Crippen molar-refractivity contribution in [2.75, 3.05) is 33.3 Å². The maximum absolute atomic E-state index is 9.77. The van der Waals surface area contributed by atoms with Crippen LogP contribution in [0.1, 0.15) is 13.3 Å². The second-order valence-electron chi connectivity index (χ2n) is 6.15. The highest BCUT2D eigenvalue weighted by Crippen LogP contribution is 2.37. The zero-order valence-electron chi connectivity index (χ0n) is 13.9. The van der Waals surface area contributed by atoms with Crippen molar-refractivity contribution in [3.05, 3.63) is 36.4 Å². The van der Waals surface area contributed by atoms with Crippen LogP contribution in [0.15, 0.2) is 36.4 Å². The third kappa shape index (κ3) is 2.67. The number of ether oxygens (including phenoxy) is 1. The normalized spacial score (nSPS) is 18.3. The van der Waals surface area contributed by atoms with Crippen molar-refractivity contribution in [1.29, 1.82) is 5.26 Å². The summed E-state index contributed by atoms with van der Waals surface area (Å²) in [6.45, 7) is 5.89. The van der Waals surface area contributed by atoms with Gasteiger partial charge < -0.3 is 10.1 Å². The largest absolute Gasteiger partial charge is 0.497 e. The Morgan fingerprint density at radius 1 is 1.26 bits per heavy atom. The van der Waals surface area contributed by atoms with Gasteiger partial charge in [-0.05, 0) is 23.6 Å². The minimum absolute atomic E-state index is 0.0195. The molecule has 0 aliphatic carbocycles. The van der Waals surface area contributed by atoms with Crippen molar-refractivity contribution < 1.29 is 4.74 Å². The second kappa shape index (κ2) is 6.57. The predicted octanol–water partition coefficient (Wildman–Crippen LogP) is 3.06. The third-order valence-electron chi connectivity index (χ3n) is 5.05. The number of piperazine rings is 1. The van der Waals surface area contributed by atoms with Gasteiger partial charge in [-0.3, -0.25) is 4.48 Å². The third-order valence-corrected chi connectivity index (χ3v) is 5.05. The van der Waals surface area contributed by atoms with E-state index in [1.165, 1.54) is 16.5 Å². The van der Waals surface area contributed by atoms with Gasteiger partial charge in [-0.15, -0.1) is 0 Å². The number of benzene rings is 2. The van der Waals surface area contributed by atoms with Crippen LogP contribution in [0, 0.1) is 11.3 Å². The van der Waals surface area contributed by atoms with Gasteiger partial charge in [0, 0.05) is 24.9 Å². The van der Waals surface area contributed by atoms with E-state index in [-0.39, 0.29) is 6.04 Å². The molecule has 2 aromatic carbocycles. The molecule has 1 heterocycles. The average molecular weight is 310 g/mol. The van der Waals surface area contributed by atoms with E-state index in [0.717, 1.165) is 42.8 Å². The summed E-state index contributed by atoms with van der Waals surface area (Å²) < 4.78 is 6.17. The van der Waals surface area contributed by atoms with Gasteiger partial charge in [0.15, 0.2) is 6.04 Å². The summed E-state index contributed by atoms with van der Waals surface area (Å²) in [4.78, 5) is 0. The molecule has 1 aliphatic heterocycles. The summed E-state index contributed by atoms with van der Waals surface area (Å²) in [5.41, 5.74) is 1.25. The first kappa shape index (κ1) is 15.8. The molecule has 3 rings (SSSR count). The van der Waals surface area contributed by atoms with Gasteiger partial charge in [0.1, 0.15) is 17.5 Å². The van der Waals surface area contributed by atoms with E-state index < -0.39 is 0 Å². The molecule has 4 nitrogen and oxygen atoms in total. The van der Waals surface area contributed by atoms with Gasteiger partial charge in [0.05, 0.1) is 20.2 Å². The molecule has 1 aliphatic rings. The lowest BCUT2D eigenvalue weighted by Crippen LogP contribution is -2.64. The molecule has 1 fully saturated rings. The Morgan fingerprint density at radius 2 is 2.04 bits per heavy atom. The van der Waals surface area contributed by atoms with Crippen LogP contribution in [0.3, 0.4) is 0 Å². The lowest BCUT2D eigenvalue weighted by Gasteiger charge is -2.44. The Bertz CT molecular complexity index is 729. The number of methoxy groups -OCH3 is 1. The van der Waals surface area contributed by atoms with Crippen LogP contribution in [0.4, 0.5) is 5.69 Å². The number of nitrogens with one attached hydrogen (secondary N) is 1. The number of fused-ring (bicyclic) bond motifs is 1. The number of nitriles is 1. The topological polar surface area (TPSA) is 45.0 Å². The lowest BCUT2D eigenvalue weighted by molar-refractivity contribution is 0.205. The number of hydrogen-bond acceptors (Lipinski definition) is 3. The van der Waals surface area contributed by atoms with Crippen molar-refractivity contribution >= 4 is 16.5 Å². The first-order chi connectivity index (χ1) is 11.2. The second-order valence-corrected chi connectivity index (χ2v) is 6.15. The quantitative estimate of drug-likeness (QED) is 0.883. The molecule has 4 heteroatoms. The standard InChI is InChI=1S/C19H24N3O/c1-3-16(14-20)22(11-9-21-10-12-22)19-6-4-5-15-7-8-17(23-2)13-18(15)19/h4-8,13,16,21H,3,9-12H2,1-2H3/q+1. The maximum atomic E-state index is 9.77. The summed E-state index contributed by atoms with van der Waals surface area (Å²) in [6, 6.07) is 15.2. The van der Waals surface area contributed by atoms with Gasteiger partial charge in [0.2, 0.25) is 0 Å². The molecule has 1 unspecified atom stereocenters. The maximum Gasteiger partial charge on any atom is 0.180 e. The molecule has 0 aromatic heterocycles. The van der Waals surface area contributed by atoms with Gasteiger partial charge >= 0.3 is 0 Å². The fourth-order valence-electron chi connectivity index (χ4n) is 3.82. The van der Waals surface area contributed by atoms with Crippen LogP contribution in [0.25, 0.3) is 10.8 Å². The summed E-state index contributed by atoms with van der Waals surface area (Å²) in [6.07, 6.45) is 0.858. The minimum atomic E-state index is -0.0195. The zero-order valence-corrected chi connectivity index (χ0v) is 13.9. The monoisotopic (exact) mass is 310 g/mol. The van der Waals surface area contributed by atoms with Gasteiger partial charge in [0.25, 0.3) is 0 Å². The Morgan fingerprint density at radius 3 is 2.70 bits per heavy atom. The van der Waals surface area contributed by atoms with Crippen LogP contribution < -0.4 is 14.5 Å². The molecule has 1 atom stereocenters. The molecular weight excluding hydrogens is 286 g/mol. The van der Waals surface area contributed by atoms with Gasteiger partial charge in [-0.25, -0.2) is 0 Å². The van der Waals surface area contributed by atoms with Crippen LogP contribution >= 0.6 is 0 Å². The molecule has 2 aromatic rings. The van der Waals surface area contributed by atoms with E-state index >= 15 is 0 Å². The highest BCUT2D eigenvalue weighted by atomic mass is 16.5. The first-order valence-electron chi connectivity index (χ1n) is 8.29. The van der Waals surface area contributed by atoms with Crippen LogP contribution in [0.2, 0.25) is 0 Å². The summed E-state index contributed by atoms with van der Waals surface area (Å²) in [5, 5.41) is 15.6. The fraction of sp³-hybridized carbons (Fsp3) is 0.421. The highest BCUT2D eigenvalue weighted by molar-refractivity contribution is 5.94. The van der Waals surface area contributed by atoms with Crippen LogP contribution in [-0.4, -0.2) is 39.3 Å². The van der Waals surface area contributed by atoms with E-state index in [1.807, 2.05) is 6.07 Å². The molecule has 1 saturated heterocycles. The molecule has 1 N–H and O–H groups in total. The average Bonchev–Trinajstić information content (AvgIpc) is 2.62. The Kier molecular flexibility index (Phi) is 4.51. The Balaban J connectivity index is 2.23. The number of rotatable bonds is 4. The fourth-order valence-corrected chi connectivity index (χ4v) is 3.82. The van der Waals surface area contributed by atoms with E-state index in [2.05, 4.69) is 48.6 Å². The minimum Gasteiger partial charge on any atom is -0.497 e. The van der Waals surface area contributed by atoms with E-state index in [1.54, 1.807) is 7.11 Å². The van der Waals surface area contributed by atoms with Crippen molar-refractivity contribution in [3.8, 4) is 11.8 Å².